The molecule has 0 aliphatic carbocycles. The number of hydrogen-bond donors (Lipinski definition) is 1. The van der Waals surface area contributed by atoms with Gasteiger partial charge in [-0.05, 0) is 44.0 Å². The largest absolute Gasteiger partial charge is 0.492 e. The number of hydrogen-bond acceptors (Lipinski definition) is 3. The first-order chi connectivity index (χ1) is 12.4. The van der Waals surface area contributed by atoms with Gasteiger partial charge in [0.2, 0.25) is 5.91 Å². The summed E-state index contributed by atoms with van der Waals surface area (Å²) in [5, 5.41) is 2.79. The van der Waals surface area contributed by atoms with Crippen molar-refractivity contribution in [2.75, 3.05) is 18.1 Å². The zero-order chi connectivity index (χ0) is 18.8. The zero-order valence-electron chi connectivity index (χ0n) is 15.6. The minimum atomic E-state index is -0.623. The molecule has 1 aliphatic heterocycles. The lowest BCUT2D eigenvalue weighted by molar-refractivity contribution is -0.126. The first kappa shape index (κ1) is 18.0. The molecule has 0 bridgehead atoms. The van der Waals surface area contributed by atoms with E-state index >= 15 is 0 Å². The summed E-state index contributed by atoms with van der Waals surface area (Å²) in [5.74, 6) is 0.454. The maximum atomic E-state index is 12.9. The van der Waals surface area contributed by atoms with Gasteiger partial charge in [0, 0.05) is 12.5 Å². The van der Waals surface area contributed by atoms with Gasteiger partial charge in [-0.3, -0.25) is 9.59 Å². The normalized spacial score (nSPS) is 15.8. The Kier molecular flexibility index (Phi) is 4.98. The molecule has 1 N–H and O–H groups in total. The fourth-order valence-electron chi connectivity index (χ4n) is 3.38. The van der Waals surface area contributed by atoms with E-state index in [-0.39, 0.29) is 11.8 Å². The molecule has 0 saturated heterocycles. The summed E-state index contributed by atoms with van der Waals surface area (Å²) in [4.78, 5) is 26.3. The second kappa shape index (κ2) is 7.20. The molecule has 2 aromatic carbocycles. The fraction of sp³-hybridized carbons (Fsp3) is 0.333. The van der Waals surface area contributed by atoms with E-state index in [2.05, 4.69) is 5.32 Å². The molecule has 0 spiro atoms. The van der Waals surface area contributed by atoms with Crippen LogP contribution in [-0.4, -0.2) is 25.0 Å². The van der Waals surface area contributed by atoms with E-state index in [1.165, 1.54) is 12.5 Å². The highest BCUT2D eigenvalue weighted by Crippen LogP contribution is 2.40. The maximum absolute atomic E-state index is 12.9. The van der Waals surface area contributed by atoms with Crippen LogP contribution in [0.4, 0.5) is 5.69 Å². The number of nitrogens with one attached hydrogen (secondary N) is 1. The molecule has 5 heteroatoms. The van der Waals surface area contributed by atoms with E-state index in [0.29, 0.717) is 13.2 Å². The Labute approximate surface area is 154 Å². The summed E-state index contributed by atoms with van der Waals surface area (Å²) in [6.45, 7) is 8.22. The Bertz CT molecular complexity index is 843. The maximum Gasteiger partial charge on any atom is 0.254 e. The van der Waals surface area contributed by atoms with Crippen molar-refractivity contribution in [3.63, 3.8) is 0 Å². The first-order valence-electron chi connectivity index (χ1n) is 8.76. The van der Waals surface area contributed by atoms with Crippen LogP contribution in [0.3, 0.4) is 0 Å². The Balaban J connectivity index is 1.81. The van der Waals surface area contributed by atoms with Gasteiger partial charge >= 0.3 is 0 Å². The van der Waals surface area contributed by atoms with Gasteiger partial charge in [0.1, 0.15) is 18.4 Å². The van der Waals surface area contributed by atoms with Crippen molar-refractivity contribution in [3.05, 3.63) is 58.7 Å². The van der Waals surface area contributed by atoms with Crippen LogP contribution in [0.15, 0.2) is 36.4 Å². The number of fused-ring (bicyclic) bond motifs is 1. The zero-order valence-corrected chi connectivity index (χ0v) is 15.6. The van der Waals surface area contributed by atoms with Gasteiger partial charge in [-0.1, -0.05) is 29.8 Å². The van der Waals surface area contributed by atoms with E-state index < -0.39 is 6.04 Å². The molecular weight excluding hydrogens is 328 g/mol. The smallest absolute Gasteiger partial charge is 0.254 e. The van der Waals surface area contributed by atoms with Crippen LogP contribution in [0.1, 0.15) is 35.2 Å². The molecule has 0 radical (unpaired) electrons. The highest BCUT2D eigenvalue weighted by Gasteiger charge is 2.39. The molecular formula is C21H24N2O3. The number of carbonyl (C=O) groups is 2. The van der Waals surface area contributed by atoms with Crippen LogP contribution >= 0.6 is 0 Å². The number of benzene rings is 2. The number of aryl methyl sites for hydroxylation is 3. The van der Waals surface area contributed by atoms with E-state index in [1.54, 1.807) is 4.90 Å². The van der Waals surface area contributed by atoms with Crippen LogP contribution in [0.5, 0.6) is 5.75 Å². The third kappa shape index (κ3) is 3.43. The average Bonchev–Trinajstić information content (AvgIpc) is 2.86. The van der Waals surface area contributed by atoms with Crippen molar-refractivity contribution in [1.29, 1.82) is 0 Å². The monoisotopic (exact) mass is 352 g/mol. The average molecular weight is 352 g/mol. The number of anilines is 1. The minimum absolute atomic E-state index is 0.111. The molecule has 1 atom stereocenters. The highest BCUT2D eigenvalue weighted by molar-refractivity contribution is 6.07. The van der Waals surface area contributed by atoms with Gasteiger partial charge in [0.05, 0.1) is 12.2 Å². The van der Waals surface area contributed by atoms with Crippen molar-refractivity contribution in [2.45, 2.75) is 33.7 Å². The molecule has 2 amide bonds. The molecule has 0 aromatic heterocycles. The Morgan fingerprint density at radius 3 is 2.38 bits per heavy atom. The molecule has 2 aromatic rings. The van der Waals surface area contributed by atoms with Gasteiger partial charge in [-0.25, -0.2) is 0 Å². The van der Waals surface area contributed by atoms with Gasteiger partial charge < -0.3 is 15.0 Å². The number of carbonyl (C=O) groups excluding carboxylic acids is 2. The van der Waals surface area contributed by atoms with Gasteiger partial charge in [0.25, 0.3) is 5.91 Å². The summed E-state index contributed by atoms with van der Waals surface area (Å²) in [6, 6.07) is 11.2. The third-order valence-corrected chi connectivity index (χ3v) is 4.66. The van der Waals surface area contributed by atoms with E-state index in [0.717, 1.165) is 28.1 Å². The predicted molar refractivity (Wildman–Crippen MR) is 102 cm³/mol. The van der Waals surface area contributed by atoms with Gasteiger partial charge in [-0.2, -0.15) is 0 Å². The van der Waals surface area contributed by atoms with Crippen LogP contribution in [-0.2, 0) is 9.59 Å². The SMILES string of the molecule is CC(=O)N[C@@H]1C(=O)N(CCOc2ccc(C)cc2)c2c(C)ccc(C)c21. The topological polar surface area (TPSA) is 58.6 Å². The van der Waals surface area contributed by atoms with Crippen molar-refractivity contribution >= 4 is 17.5 Å². The van der Waals surface area contributed by atoms with Crippen LogP contribution < -0.4 is 15.0 Å². The summed E-state index contributed by atoms with van der Waals surface area (Å²) in [7, 11) is 0. The van der Waals surface area contributed by atoms with Gasteiger partial charge in [-0.15, -0.1) is 0 Å². The lowest BCUT2D eigenvalue weighted by atomic mass is 9.99. The van der Waals surface area contributed by atoms with Gasteiger partial charge in [0.15, 0.2) is 0 Å². The second-order valence-corrected chi connectivity index (χ2v) is 6.75. The van der Waals surface area contributed by atoms with Crippen molar-refractivity contribution in [3.8, 4) is 5.75 Å². The highest BCUT2D eigenvalue weighted by atomic mass is 16.5. The Hall–Kier alpha value is -2.82. The van der Waals surface area contributed by atoms with Crippen molar-refractivity contribution in [2.24, 2.45) is 0 Å². The molecule has 0 saturated carbocycles. The van der Waals surface area contributed by atoms with E-state index in [4.69, 9.17) is 4.74 Å². The number of nitrogens with zero attached hydrogens (tertiary/aromatic N) is 1. The Morgan fingerprint density at radius 1 is 1.08 bits per heavy atom. The first-order valence-corrected chi connectivity index (χ1v) is 8.76. The summed E-state index contributed by atoms with van der Waals surface area (Å²) in [6.07, 6.45) is 0. The second-order valence-electron chi connectivity index (χ2n) is 6.75. The molecule has 136 valence electrons. The summed E-state index contributed by atoms with van der Waals surface area (Å²) in [5.41, 5.74) is 4.97. The lowest BCUT2D eigenvalue weighted by Gasteiger charge is -2.20. The fourth-order valence-corrected chi connectivity index (χ4v) is 3.38. The molecule has 1 heterocycles. The van der Waals surface area contributed by atoms with E-state index in [9.17, 15) is 9.59 Å². The number of ether oxygens (including phenoxy) is 1. The molecule has 3 rings (SSSR count). The lowest BCUT2D eigenvalue weighted by Crippen LogP contribution is -2.38. The summed E-state index contributed by atoms with van der Waals surface area (Å²) < 4.78 is 5.79. The minimum Gasteiger partial charge on any atom is -0.492 e. The van der Waals surface area contributed by atoms with Crippen molar-refractivity contribution in [1.82, 2.24) is 5.32 Å². The third-order valence-electron chi connectivity index (χ3n) is 4.66. The quantitative estimate of drug-likeness (QED) is 0.899. The summed E-state index contributed by atoms with van der Waals surface area (Å²) >= 11 is 0. The molecule has 5 nitrogen and oxygen atoms in total. The predicted octanol–water partition coefficient (Wildman–Crippen LogP) is 3.21. The van der Waals surface area contributed by atoms with Crippen LogP contribution in [0, 0.1) is 20.8 Å². The molecule has 26 heavy (non-hydrogen) atoms. The van der Waals surface area contributed by atoms with Crippen molar-refractivity contribution < 1.29 is 14.3 Å². The molecule has 0 fully saturated rings. The Morgan fingerprint density at radius 2 is 1.73 bits per heavy atom. The number of amides is 2. The van der Waals surface area contributed by atoms with Crippen LogP contribution in [0.25, 0.3) is 0 Å². The number of rotatable bonds is 5. The van der Waals surface area contributed by atoms with Crippen LogP contribution in [0.2, 0.25) is 0 Å². The van der Waals surface area contributed by atoms with E-state index in [1.807, 2.05) is 57.2 Å². The molecule has 1 aliphatic rings. The molecule has 0 unspecified atom stereocenters. The standard InChI is InChI=1S/C21H24N2O3/c1-13-5-9-17(10-6-13)26-12-11-23-20-15(3)8-7-14(2)18(20)19(21(23)25)22-16(4)24/h5-10,19H,11-12H2,1-4H3,(H,22,24)/t19-/m0/s1.